The number of rotatable bonds is 7. The first kappa shape index (κ1) is 25.4. The van der Waals surface area contributed by atoms with E-state index in [0.29, 0.717) is 29.2 Å². The zero-order valence-corrected chi connectivity index (χ0v) is 21.6. The molecule has 2 heterocycles. The minimum Gasteiger partial charge on any atom is -0.350 e. The summed E-state index contributed by atoms with van der Waals surface area (Å²) in [6.45, 7) is 5.66. The first-order valence-electron chi connectivity index (χ1n) is 12.3. The molecule has 7 nitrogen and oxygen atoms in total. The first-order chi connectivity index (χ1) is 18.2. The van der Waals surface area contributed by atoms with Gasteiger partial charge in [-0.15, -0.1) is 0 Å². The lowest BCUT2D eigenvalue weighted by molar-refractivity contribution is -0.146. The number of Topliss-reactive ketones (excluding diaryl/α,β-unsaturated/α-hetero) is 1. The van der Waals surface area contributed by atoms with Crippen molar-refractivity contribution in [3.05, 3.63) is 100 Å². The third kappa shape index (κ3) is 4.97. The molecule has 0 radical (unpaired) electrons. The topological polar surface area (TPSA) is 95.6 Å². The molecule has 0 aliphatic carbocycles. The number of hydrogen-bond acceptors (Lipinski definition) is 5. The highest BCUT2D eigenvalue weighted by Gasteiger charge is 2.41. The molecular formula is C30H26ClN3O4. The van der Waals surface area contributed by atoms with Gasteiger partial charge in [0, 0.05) is 40.7 Å². The maximum Gasteiger partial charge on any atom is 0.278 e. The van der Waals surface area contributed by atoms with Gasteiger partial charge in [-0.2, -0.15) is 0 Å². The maximum atomic E-state index is 13.1. The lowest BCUT2D eigenvalue weighted by atomic mass is 9.96. The Morgan fingerprint density at radius 3 is 2.61 bits per heavy atom. The van der Waals surface area contributed by atoms with Gasteiger partial charge in [0.25, 0.3) is 11.8 Å². The molecule has 2 aliphatic heterocycles. The monoisotopic (exact) mass is 527 g/mol. The number of fused-ring (bicyclic) bond motifs is 1. The molecule has 1 atom stereocenters. The van der Waals surface area contributed by atoms with E-state index in [2.05, 4.69) is 17.2 Å². The molecular weight excluding hydrogens is 502 g/mol. The fourth-order valence-corrected chi connectivity index (χ4v) is 5.11. The van der Waals surface area contributed by atoms with Crippen molar-refractivity contribution in [1.29, 1.82) is 0 Å². The number of carbonyl (C=O) groups excluding carboxylic acids is 4. The molecule has 8 heteroatoms. The molecule has 3 aromatic carbocycles. The van der Waals surface area contributed by atoms with Gasteiger partial charge in [-0.1, -0.05) is 60.6 Å². The Balaban J connectivity index is 1.35. The van der Waals surface area contributed by atoms with Gasteiger partial charge in [0.2, 0.25) is 5.91 Å². The van der Waals surface area contributed by atoms with Crippen molar-refractivity contribution in [3.8, 4) is 0 Å². The van der Waals surface area contributed by atoms with Gasteiger partial charge in [-0.25, -0.2) is 0 Å². The van der Waals surface area contributed by atoms with Crippen molar-refractivity contribution in [1.82, 2.24) is 10.2 Å². The molecule has 192 valence electrons. The maximum absolute atomic E-state index is 13.1. The number of benzene rings is 3. The van der Waals surface area contributed by atoms with Crippen molar-refractivity contribution in [2.75, 3.05) is 5.32 Å². The van der Waals surface area contributed by atoms with Gasteiger partial charge in [0.15, 0.2) is 0 Å². The Morgan fingerprint density at radius 1 is 1.08 bits per heavy atom. The van der Waals surface area contributed by atoms with Gasteiger partial charge in [-0.05, 0) is 54.0 Å². The molecule has 0 aromatic heterocycles. The molecule has 38 heavy (non-hydrogen) atoms. The molecule has 2 aliphatic rings. The minimum absolute atomic E-state index is 0.0548. The predicted octanol–water partition coefficient (Wildman–Crippen LogP) is 4.61. The van der Waals surface area contributed by atoms with Crippen LogP contribution in [0.3, 0.4) is 0 Å². The van der Waals surface area contributed by atoms with Gasteiger partial charge in [0.05, 0.1) is 0 Å². The summed E-state index contributed by atoms with van der Waals surface area (Å²) in [5.41, 5.74) is 3.98. The summed E-state index contributed by atoms with van der Waals surface area (Å²) in [5.74, 6) is -1.44. The number of carbonyl (C=O) groups is 4. The van der Waals surface area contributed by atoms with Crippen LogP contribution in [0.4, 0.5) is 5.69 Å². The quantitative estimate of drug-likeness (QED) is 0.437. The van der Waals surface area contributed by atoms with Gasteiger partial charge in [0.1, 0.15) is 17.5 Å². The molecule has 0 saturated carbocycles. The highest BCUT2D eigenvalue weighted by atomic mass is 35.5. The molecule has 1 fully saturated rings. The fourth-order valence-electron chi connectivity index (χ4n) is 4.91. The Bertz CT molecular complexity index is 1560. The summed E-state index contributed by atoms with van der Waals surface area (Å²) in [6.07, 6.45) is 2.57. The summed E-state index contributed by atoms with van der Waals surface area (Å²) in [6, 6.07) is 16.0. The number of nitrogens with zero attached hydrogens (tertiary/aromatic N) is 1. The molecule has 1 saturated heterocycles. The second-order valence-electron chi connectivity index (χ2n) is 9.64. The summed E-state index contributed by atoms with van der Waals surface area (Å²) in [7, 11) is 0. The second kappa shape index (κ2) is 10.3. The summed E-state index contributed by atoms with van der Waals surface area (Å²) in [4.78, 5) is 52.1. The Kier molecular flexibility index (Phi) is 6.87. The predicted molar refractivity (Wildman–Crippen MR) is 146 cm³/mol. The van der Waals surface area contributed by atoms with E-state index in [4.69, 9.17) is 11.6 Å². The summed E-state index contributed by atoms with van der Waals surface area (Å²) < 4.78 is 0. The van der Waals surface area contributed by atoms with Crippen LogP contribution in [-0.2, 0) is 32.0 Å². The summed E-state index contributed by atoms with van der Waals surface area (Å²) in [5, 5.41) is 8.02. The van der Waals surface area contributed by atoms with Crippen LogP contribution in [0.15, 0.2) is 78.6 Å². The molecule has 3 aromatic rings. The van der Waals surface area contributed by atoms with Crippen LogP contribution in [0.1, 0.15) is 29.5 Å². The minimum atomic E-state index is -0.871. The Hall–Kier alpha value is -4.23. The smallest absolute Gasteiger partial charge is 0.278 e. The van der Waals surface area contributed by atoms with Crippen molar-refractivity contribution < 1.29 is 19.2 Å². The van der Waals surface area contributed by atoms with E-state index >= 15 is 0 Å². The third-order valence-electron chi connectivity index (χ3n) is 6.90. The molecule has 1 unspecified atom stereocenters. The Labute approximate surface area is 225 Å². The number of allylic oxidation sites excluding steroid dienone is 1. The van der Waals surface area contributed by atoms with Crippen LogP contribution < -0.4 is 10.6 Å². The van der Waals surface area contributed by atoms with Crippen molar-refractivity contribution in [2.24, 2.45) is 0 Å². The standard InChI is InChI=1S/C30H26ClN3O4/c1-17-9-11-19(14-24(17)31)13-21(35)15-20-5-3-7-23-22(20)6-4-8-25(23)33-26-16-28(36)34(30(26)38)27-12-10-18(2)32-29(27)37/h3-9,11,14,16,27,33H,2,10,12-13,15H2,1H3,(H,32,37). The van der Waals surface area contributed by atoms with Crippen LogP contribution in [-0.4, -0.2) is 34.4 Å². The molecule has 3 amide bonds. The van der Waals surface area contributed by atoms with E-state index in [1.54, 1.807) is 6.07 Å². The van der Waals surface area contributed by atoms with Crippen LogP contribution in [0, 0.1) is 6.92 Å². The lowest BCUT2D eigenvalue weighted by Crippen LogP contribution is -2.52. The number of imide groups is 1. The third-order valence-corrected chi connectivity index (χ3v) is 7.30. The van der Waals surface area contributed by atoms with E-state index in [1.165, 1.54) is 6.08 Å². The van der Waals surface area contributed by atoms with E-state index in [1.807, 2.05) is 55.5 Å². The van der Waals surface area contributed by atoms with E-state index in [0.717, 1.165) is 32.4 Å². The average molecular weight is 528 g/mol. The molecule has 0 spiro atoms. The average Bonchev–Trinajstić information content (AvgIpc) is 3.14. The highest BCUT2D eigenvalue weighted by Crippen LogP contribution is 2.30. The lowest BCUT2D eigenvalue weighted by Gasteiger charge is -2.29. The fraction of sp³-hybridized carbons (Fsp3) is 0.200. The number of hydrogen-bond donors (Lipinski definition) is 2. The zero-order valence-electron chi connectivity index (χ0n) is 20.8. The zero-order chi connectivity index (χ0) is 27.0. The Morgan fingerprint density at radius 2 is 1.84 bits per heavy atom. The highest BCUT2D eigenvalue weighted by molar-refractivity contribution is 6.31. The van der Waals surface area contributed by atoms with Crippen LogP contribution >= 0.6 is 11.6 Å². The largest absolute Gasteiger partial charge is 0.350 e. The van der Waals surface area contributed by atoms with Crippen LogP contribution in [0.25, 0.3) is 10.8 Å². The van der Waals surface area contributed by atoms with Crippen molar-refractivity contribution in [2.45, 2.75) is 38.6 Å². The number of ketones is 1. The second-order valence-corrected chi connectivity index (χ2v) is 10.0. The van der Waals surface area contributed by atoms with E-state index < -0.39 is 23.8 Å². The molecule has 5 rings (SSSR count). The van der Waals surface area contributed by atoms with Gasteiger partial charge >= 0.3 is 0 Å². The van der Waals surface area contributed by atoms with E-state index in [-0.39, 0.29) is 24.3 Å². The molecule has 0 bridgehead atoms. The van der Waals surface area contributed by atoms with Crippen LogP contribution in [0.5, 0.6) is 0 Å². The van der Waals surface area contributed by atoms with Crippen LogP contribution in [0.2, 0.25) is 5.02 Å². The normalized spacial score (nSPS) is 17.6. The number of halogens is 1. The number of piperidine rings is 1. The van der Waals surface area contributed by atoms with Gasteiger partial charge < -0.3 is 10.6 Å². The summed E-state index contributed by atoms with van der Waals surface area (Å²) >= 11 is 6.21. The first-order valence-corrected chi connectivity index (χ1v) is 12.7. The molecule has 2 N–H and O–H groups in total. The van der Waals surface area contributed by atoms with Crippen molar-refractivity contribution in [3.63, 3.8) is 0 Å². The van der Waals surface area contributed by atoms with E-state index in [9.17, 15) is 19.2 Å². The number of amides is 3. The van der Waals surface area contributed by atoms with Crippen molar-refractivity contribution >= 4 is 51.6 Å². The SMILES string of the molecule is C=C1CCC(N2C(=O)C=C(Nc3cccc4c(CC(=O)Cc5ccc(C)c(Cl)c5)cccc34)C2=O)C(=O)N1. The van der Waals surface area contributed by atoms with Gasteiger partial charge in [-0.3, -0.25) is 24.1 Å². The number of nitrogens with one attached hydrogen (secondary N) is 2. The number of aryl methyl sites for hydroxylation is 1. The number of anilines is 1.